The molecule has 4 heteroatoms. The number of fused-ring (bicyclic) bond motifs is 1. The van der Waals surface area contributed by atoms with E-state index in [4.69, 9.17) is 32.7 Å². The Morgan fingerprint density at radius 2 is 1.88 bits per heavy atom. The van der Waals surface area contributed by atoms with E-state index in [9.17, 15) is 0 Å². The molecule has 2 rings (SSSR count). The molecule has 1 aromatic carbocycles. The molecular formula is C13H16Cl2O2. The molecule has 1 aliphatic heterocycles. The molecule has 1 atom stereocenters. The van der Waals surface area contributed by atoms with Gasteiger partial charge in [-0.2, -0.15) is 0 Å². The summed E-state index contributed by atoms with van der Waals surface area (Å²) in [5, 5.41) is 0.601. The van der Waals surface area contributed by atoms with Crippen molar-refractivity contribution in [3.8, 4) is 11.5 Å². The summed E-state index contributed by atoms with van der Waals surface area (Å²) >= 11 is 12.6. The van der Waals surface area contributed by atoms with Crippen molar-refractivity contribution in [1.29, 1.82) is 0 Å². The lowest BCUT2D eigenvalue weighted by Crippen LogP contribution is -2.15. The van der Waals surface area contributed by atoms with Gasteiger partial charge in [0.1, 0.15) is 13.2 Å². The average Bonchev–Trinajstić information content (AvgIpc) is 2.35. The highest BCUT2D eigenvalue weighted by atomic mass is 35.5. The normalized spacial score (nSPS) is 15.7. The summed E-state index contributed by atoms with van der Waals surface area (Å²) in [5.41, 5.74) is 0.936. The first-order chi connectivity index (χ1) is 8.22. The van der Waals surface area contributed by atoms with Crippen LogP contribution in [0, 0.1) is 0 Å². The lowest BCUT2D eigenvalue weighted by molar-refractivity contribution is 0.171. The summed E-state index contributed by atoms with van der Waals surface area (Å²) < 4.78 is 11.0. The quantitative estimate of drug-likeness (QED) is 0.749. The van der Waals surface area contributed by atoms with Gasteiger partial charge in [0.2, 0.25) is 0 Å². The van der Waals surface area contributed by atoms with Crippen LogP contribution in [0.3, 0.4) is 0 Å². The molecule has 17 heavy (non-hydrogen) atoms. The van der Waals surface area contributed by atoms with E-state index >= 15 is 0 Å². The van der Waals surface area contributed by atoms with Crippen molar-refractivity contribution in [2.75, 3.05) is 13.2 Å². The van der Waals surface area contributed by atoms with Crippen molar-refractivity contribution in [1.82, 2.24) is 0 Å². The fourth-order valence-electron chi connectivity index (χ4n) is 1.86. The van der Waals surface area contributed by atoms with Crippen LogP contribution in [0.2, 0.25) is 5.02 Å². The second-order valence-electron chi connectivity index (χ2n) is 4.13. The van der Waals surface area contributed by atoms with E-state index in [0.29, 0.717) is 24.0 Å². The molecule has 2 nitrogen and oxygen atoms in total. The molecule has 0 aromatic heterocycles. The summed E-state index contributed by atoms with van der Waals surface area (Å²) in [6.07, 6.45) is 3.15. The van der Waals surface area contributed by atoms with Crippen LogP contribution in [0.25, 0.3) is 0 Å². The van der Waals surface area contributed by atoms with Crippen LogP contribution in [-0.2, 0) is 0 Å². The maximum absolute atomic E-state index is 6.35. The topological polar surface area (TPSA) is 18.5 Å². The van der Waals surface area contributed by atoms with Gasteiger partial charge in [0.15, 0.2) is 11.5 Å². The van der Waals surface area contributed by atoms with Gasteiger partial charge in [-0.1, -0.05) is 31.4 Å². The summed E-state index contributed by atoms with van der Waals surface area (Å²) in [4.78, 5) is 0. The highest BCUT2D eigenvalue weighted by Gasteiger charge is 2.18. The zero-order valence-corrected chi connectivity index (χ0v) is 11.4. The second kappa shape index (κ2) is 5.83. The number of hydrogen-bond acceptors (Lipinski definition) is 2. The van der Waals surface area contributed by atoms with Crippen molar-refractivity contribution >= 4 is 23.2 Å². The Kier molecular flexibility index (Phi) is 4.41. The molecule has 0 saturated heterocycles. The van der Waals surface area contributed by atoms with Crippen molar-refractivity contribution in [3.05, 3.63) is 22.7 Å². The Hall–Kier alpha value is -0.600. The molecule has 1 unspecified atom stereocenters. The van der Waals surface area contributed by atoms with Gasteiger partial charge in [0.25, 0.3) is 0 Å². The minimum Gasteiger partial charge on any atom is -0.486 e. The predicted octanol–water partition coefficient (Wildman–Crippen LogP) is 4.58. The lowest BCUT2D eigenvalue weighted by Gasteiger charge is -2.21. The molecule has 94 valence electrons. The zero-order chi connectivity index (χ0) is 12.3. The Labute approximate surface area is 112 Å². The molecule has 0 N–H and O–H groups in total. The Morgan fingerprint density at radius 3 is 2.53 bits per heavy atom. The van der Waals surface area contributed by atoms with Gasteiger partial charge >= 0.3 is 0 Å². The van der Waals surface area contributed by atoms with Gasteiger partial charge in [-0.15, -0.1) is 11.6 Å². The Morgan fingerprint density at radius 1 is 1.24 bits per heavy atom. The molecular weight excluding hydrogens is 259 g/mol. The first kappa shape index (κ1) is 12.8. The van der Waals surface area contributed by atoms with Gasteiger partial charge in [0, 0.05) is 11.1 Å². The lowest BCUT2D eigenvalue weighted by atomic mass is 10.1. The second-order valence-corrected chi connectivity index (χ2v) is 5.06. The molecule has 0 bridgehead atoms. The molecule has 0 spiro atoms. The van der Waals surface area contributed by atoms with Crippen LogP contribution >= 0.6 is 23.2 Å². The van der Waals surface area contributed by atoms with Gasteiger partial charge in [-0.3, -0.25) is 0 Å². The van der Waals surface area contributed by atoms with E-state index in [1.165, 1.54) is 0 Å². The van der Waals surface area contributed by atoms with Crippen molar-refractivity contribution < 1.29 is 9.47 Å². The molecule has 0 fully saturated rings. The first-order valence-electron chi connectivity index (χ1n) is 5.95. The molecule has 0 amide bonds. The highest BCUT2D eigenvalue weighted by molar-refractivity contribution is 6.33. The molecule has 1 aromatic rings. The number of rotatable bonds is 4. The SMILES string of the molecule is CCCCC(Cl)c1cc2c(cc1Cl)OCCO2. The third kappa shape index (κ3) is 2.99. The number of hydrogen-bond donors (Lipinski definition) is 0. The third-order valence-electron chi connectivity index (χ3n) is 2.81. The van der Waals surface area contributed by atoms with Crippen LogP contribution in [0.4, 0.5) is 0 Å². The van der Waals surface area contributed by atoms with E-state index < -0.39 is 0 Å². The third-order valence-corrected chi connectivity index (χ3v) is 3.59. The predicted molar refractivity (Wildman–Crippen MR) is 70.6 cm³/mol. The standard InChI is InChI=1S/C13H16Cl2O2/c1-2-3-4-10(14)9-7-12-13(8-11(9)15)17-6-5-16-12/h7-8,10H,2-6H2,1H3. The molecule has 1 heterocycles. The maximum Gasteiger partial charge on any atom is 0.162 e. The van der Waals surface area contributed by atoms with E-state index in [1.54, 1.807) is 6.07 Å². The number of unbranched alkanes of at least 4 members (excludes halogenated alkanes) is 1. The zero-order valence-electron chi connectivity index (χ0n) is 9.84. The van der Waals surface area contributed by atoms with E-state index in [0.717, 1.165) is 30.6 Å². The van der Waals surface area contributed by atoms with Crippen LogP contribution < -0.4 is 9.47 Å². The van der Waals surface area contributed by atoms with E-state index in [2.05, 4.69) is 6.92 Å². The van der Waals surface area contributed by atoms with Gasteiger partial charge in [-0.25, -0.2) is 0 Å². The van der Waals surface area contributed by atoms with E-state index in [1.807, 2.05) is 6.07 Å². The Balaban J connectivity index is 2.22. The summed E-state index contributed by atoms with van der Waals surface area (Å²) in [6, 6.07) is 3.71. The smallest absolute Gasteiger partial charge is 0.162 e. The maximum atomic E-state index is 6.35. The Bertz CT molecular complexity index is 393. The molecule has 1 aliphatic rings. The summed E-state index contributed by atoms with van der Waals surface area (Å²) in [6.45, 7) is 3.30. The molecule has 0 aliphatic carbocycles. The van der Waals surface area contributed by atoms with Crippen LogP contribution in [-0.4, -0.2) is 13.2 Å². The van der Waals surface area contributed by atoms with Crippen molar-refractivity contribution in [3.63, 3.8) is 0 Å². The summed E-state index contributed by atoms with van der Waals surface area (Å²) in [5.74, 6) is 1.46. The van der Waals surface area contributed by atoms with Crippen LogP contribution in [0.5, 0.6) is 11.5 Å². The van der Waals surface area contributed by atoms with Crippen LogP contribution in [0.1, 0.15) is 37.1 Å². The van der Waals surface area contributed by atoms with Gasteiger partial charge in [-0.05, 0) is 18.1 Å². The van der Waals surface area contributed by atoms with Crippen molar-refractivity contribution in [2.45, 2.75) is 31.6 Å². The number of ether oxygens (including phenoxy) is 2. The number of benzene rings is 1. The summed E-state index contributed by atoms with van der Waals surface area (Å²) in [7, 11) is 0. The fourth-order valence-corrected chi connectivity index (χ4v) is 2.53. The molecule has 0 saturated carbocycles. The first-order valence-corrected chi connectivity index (χ1v) is 6.77. The number of halogens is 2. The van der Waals surface area contributed by atoms with Crippen molar-refractivity contribution in [2.24, 2.45) is 0 Å². The van der Waals surface area contributed by atoms with Crippen LogP contribution in [0.15, 0.2) is 12.1 Å². The fraction of sp³-hybridized carbons (Fsp3) is 0.538. The van der Waals surface area contributed by atoms with Gasteiger partial charge < -0.3 is 9.47 Å². The minimum absolute atomic E-state index is 0.0572. The van der Waals surface area contributed by atoms with E-state index in [-0.39, 0.29) is 5.38 Å². The average molecular weight is 275 g/mol. The number of alkyl halides is 1. The minimum atomic E-state index is -0.0572. The largest absolute Gasteiger partial charge is 0.486 e. The molecule has 0 radical (unpaired) electrons. The highest BCUT2D eigenvalue weighted by Crippen LogP contribution is 2.40. The van der Waals surface area contributed by atoms with Gasteiger partial charge in [0.05, 0.1) is 5.38 Å². The monoisotopic (exact) mass is 274 g/mol.